The molecule has 1 fully saturated rings. The molecule has 4 rings (SSSR count). The van der Waals surface area contributed by atoms with Crippen LogP contribution in [0.5, 0.6) is 5.75 Å². The lowest BCUT2D eigenvalue weighted by molar-refractivity contribution is 0.286. The molecule has 0 aliphatic heterocycles. The first-order valence-electron chi connectivity index (χ1n) is 14.1. The highest BCUT2D eigenvalue weighted by atomic mass is 19.2. The summed E-state index contributed by atoms with van der Waals surface area (Å²) in [6, 6.07) is 15.7. The zero-order valence-electron chi connectivity index (χ0n) is 22.6. The summed E-state index contributed by atoms with van der Waals surface area (Å²) in [7, 11) is 0. The Labute approximate surface area is 225 Å². The predicted molar refractivity (Wildman–Crippen MR) is 151 cm³/mol. The van der Waals surface area contributed by atoms with Gasteiger partial charge in [0.1, 0.15) is 5.82 Å². The zero-order chi connectivity index (χ0) is 26.9. The number of hydrogen-bond acceptors (Lipinski definition) is 1. The van der Waals surface area contributed by atoms with Crippen molar-refractivity contribution < 1.29 is 17.9 Å². The topological polar surface area (TPSA) is 9.23 Å². The van der Waals surface area contributed by atoms with Gasteiger partial charge in [-0.1, -0.05) is 68.3 Å². The monoisotopic (exact) mass is 520 g/mol. The van der Waals surface area contributed by atoms with E-state index in [2.05, 4.69) is 26.0 Å². The molecule has 1 aliphatic carbocycles. The van der Waals surface area contributed by atoms with Crippen molar-refractivity contribution in [3.05, 3.63) is 89.8 Å². The fourth-order valence-electron chi connectivity index (χ4n) is 5.54. The largest absolute Gasteiger partial charge is 0.490 e. The highest BCUT2D eigenvalue weighted by Crippen LogP contribution is 2.39. The maximum atomic E-state index is 15.2. The molecule has 4 heteroatoms. The van der Waals surface area contributed by atoms with E-state index in [0.29, 0.717) is 12.2 Å². The highest BCUT2D eigenvalue weighted by molar-refractivity contribution is 5.71. The second kappa shape index (κ2) is 13.7. The highest BCUT2D eigenvalue weighted by Gasteiger charge is 2.24. The number of hydrogen-bond donors (Lipinski definition) is 0. The predicted octanol–water partition coefficient (Wildman–Crippen LogP) is 10.6. The van der Waals surface area contributed by atoms with Gasteiger partial charge in [0.2, 0.25) is 5.82 Å². The molecular formula is C34H39F3O. The quantitative estimate of drug-likeness (QED) is 0.180. The molecule has 1 saturated carbocycles. The number of allylic oxidation sites excluding steroid dienone is 2. The second-order valence-electron chi connectivity index (χ2n) is 10.5. The molecule has 1 aliphatic rings. The number of rotatable bonds is 11. The van der Waals surface area contributed by atoms with Crippen molar-refractivity contribution >= 4 is 0 Å². The van der Waals surface area contributed by atoms with Crippen molar-refractivity contribution in [3.63, 3.8) is 0 Å². The van der Waals surface area contributed by atoms with Gasteiger partial charge in [-0.3, -0.25) is 0 Å². The van der Waals surface area contributed by atoms with Crippen molar-refractivity contribution in [2.45, 2.75) is 77.6 Å². The molecule has 0 unspecified atom stereocenters. The molecule has 0 atom stereocenters. The van der Waals surface area contributed by atoms with Crippen LogP contribution in [0.4, 0.5) is 13.2 Å². The third-order valence-electron chi connectivity index (χ3n) is 7.85. The van der Waals surface area contributed by atoms with Gasteiger partial charge in [-0.25, -0.2) is 8.78 Å². The molecule has 0 radical (unpaired) electrons. The lowest BCUT2D eigenvalue weighted by Crippen LogP contribution is -2.14. The Morgan fingerprint density at radius 2 is 1.53 bits per heavy atom. The fourth-order valence-corrected chi connectivity index (χ4v) is 5.54. The molecule has 0 heterocycles. The average Bonchev–Trinajstić information content (AvgIpc) is 2.94. The fraction of sp³-hybridized carbons (Fsp3) is 0.412. The van der Waals surface area contributed by atoms with Crippen LogP contribution in [0.3, 0.4) is 0 Å². The van der Waals surface area contributed by atoms with Gasteiger partial charge < -0.3 is 4.74 Å². The van der Waals surface area contributed by atoms with E-state index in [0.717, 1.165) is 74.0 Å². The summed E-state index contributed by atoms with van der Waals surface area (Å²) in [5, 5.41) is 0. The molecule has 0 N–H and O–H groups in total. The Morgan fingerprint density at radius 3 is 2.21 bits per heavy atom. The first-order valence-corrected chi connectivity index (χ1v) is 14.1. The Balaban J connectivity index is 1.41. The van der Waals surface area contributed by atoms with Crippen LogP contribution in [0.25, 0.3) is 22.3 Å². The first-order chi connectivity index (χ1) is 18.5. The molecule has 0 bridgehead atoms. The Morgan fingerprint density at radius 1 is 0.816 bits per heavy atom. The van der Waals surface area contributed by atoms with Crippen LogP contribution in [0.15, 0.2) is 66.7 Å². The summed E-state index contributed by atoms with van der Waals surface area (Å²) < 4.78 is 50.0. The van der Waals surface area contributed by atoms with E-state index in [4.69, 9.17) is 4.74 Å². The van der Waals surface area contributed by atoms with Crippen LogP contribution in [-0.2, 0) is 0 Å². The third-order valence-corrected chi connectivity index (χ3v) is 7.85. The summed E-state index contributed by atoms with van der Waals surface area (Å²) >= 11 is 0. The average molecular weight is 521 g/mol. The maximum absolute atomic E-state index is 15.2. The van der Waals surface area contributed by atoms with Gasteiger partial charge in [0.15, 0.2) is 11.6 Å². The van der Waals surface area contributed by atoms with Crippen LogP contribution in [0.2, 0.25) is 0 Å². The molecule has 3 aromatic carbocycles. The van der Waals surface area contributed by atoms with E-state index in [-0.39, 0.29) is 23.0 Å². The van der Waals surface area contributed by atoms with Crippen LogP contribution >= 0.6 is 0 Å². The van der Waals surface area contributed by atoms with E-state index in [1.165, 1.54) is 12.5 Å². The molecule has 3 aromatic rings. The SMILES string of the molecule is C/C=C/CCC1CCC(c2ccc(-c3ccc(-c4ccc(OCCCCC)c(F)c4F)cc3)cc2F)CC1. The minimum Gasteiger partial charge on any atom is -0.490 e. The number of benzene rings is 3. The van der Waals surface area contributed by atoms with Gasteiger partial charge >= 0.3 is 0 Å². The van der Waals surface area contributed by atoms with E-state index in [1.807, 2.05) is 24.3 Å². The summed E-state index contributed by atoms with van der Waals surface area (Å²) in [6.07, 6.45) is 13.9. The van der Waals surface area contributed by atoms with Crippen LogP contribution in [0, 0.1) is 23.4 Å². The van der Waals surface area contributed by atoms with Crippen molar-refractivity contribution in [3.8, 4) is 28.0 Å². The maximum Gasteiger partial charge on any atom is 0.201 e. The lowest BCUT2D eigenvalue weighted by atomic mass is 9.77. The molecule has 202 valence electrons. The second-order valence-corrected chi connectivity index (χ2v) is 10.5. The van der Waals surface area contributed by atoms with Gasteiger partial charge in [-0.05, 0) is 104 Å². The normalized spacial score (nSPS) is 17.7. The molecule has 38 heavy (non-hydrogen) atoms. The summed E-state index contributed by atoms with van der Waals surface area (Å²) in [5.74, 6) is -1.08. The minimum absolute atomic E-state index is 0.0586. The van der Waals surface area contributed by atoms with Crippen molar-refractivity contribution in [1.29, 1.82) is 0 Å². The van der Waals surface area contributed by atoms with Gasteiger partial charge in [0.05, 0.1) is 6.61 Å². The van der Waals surface area contributed by atoms with E-state index >= 15 is 4.39 Å². The Kier molecular flexibility index (Phi) is 10.1. The third kappa shape index (κ3) is 6.89. The van der Waals surface area contributed by atoms with Crippen molar-refractivity contribution in [1.82, 2.24) is 0 Å². The summed E-state index contributed by atoms with van der Waals surface area (Å²) in [5.41, 5.74) is 3.17. The van der Waals surface area contributed by atoms with Gasteiger partial charge in [-0.15, -0.1) is 0 Å². The number of unbranched alkanes of at least 4 members (excludes halogenated alkanes) is 2. The standard InChI is InChI=1S/C34H39F3O/c1-3-5-7-9-24-10-12-26(13-11-24)29-19-18-28(23-31(29)35)25-14-16-27(17-15-25)30-20-21-32(34(37)33(30)36)38-22-8-6-4-2/h3,5,14-21,23-24,26H,4,6-13,22H2,1-2H3/b5-3+. The summed E-state index contributed by atoms with van der Waals surface area (Å²) in [6.45, 7) is 4.50. The van der Waals surface area contributed by atoms with E-state index in [1.54, 1.807) is 24.3 Å². The van der Waals surface area contributed by atoms with Crippen molar-refractivity contribution in [2.75, 3.05) is 6.61 Å². The van der Waals surface area contributed by atoms with Crippen molar-refractivity contribution in [2.24, 2.45) is 5.92 Å². The lowest BCUT2D eigenvalue weighted by Gasteiger charge is -2.29. The smallest absolute Gasteiger partial charge is 0.201 e. The minimum atomic E-state index is -0.965. The molecular weight excluding hydrogens is 481 g/mol. The number of ether oxygens (including phenoxy) is 1. The molecule has 0 spiro atoms. The van der Waals surface area contributed by atoms with E-state index in [9.17, 15) is 8.78 Å². The molecule has 0 saturated heterocycles. The van der Waals surface area contributed by atoms with Crippen LogP contribution in [0.1, 0.15) is 83.1 Å². The Bertz CT molecular complexity index is 1210. The van der Waals surface area contributed by atoms with Gasteiger partial charge in [0.25, 0.3) is 0 Å². The van der Waals surface area contributed by atoms with E-state index < -0.39 is 11.6 Å². The van der Waals surface area contributed by atoms with Crippen LogP contribution in [-0.4, -0.2) is 6.61 Å². The van der Waals surface area contributed by atoms with Crippen LogP contribution < -0.4 is 4.74 Å². The number of halogens is 3. The van der Waals surface area contributed by atoms with Gasteiger partial charge in [-0.2, -0.15) is 4.39 Å². The zero-order valence-corrected chi connectivity index (χ0v) is 22.6. The molecule has 1 nitrogen and oxygen atoms in total. The molecule has 0 amide bonds. The Hall–Kier alpha value is -3.01. The first kappa shape index (κ1) is 28.0. The van der Waals surface area contributed by atoms with Gasteiger partial charge in [0, 0.05) is 5.56 Å². The summed E-state index contributed by atoms with van der Waals surface area (Å²) in [4.78, 5) is 0. The molecule has 0 aromatic heterocycles.